The highest BCUT2D eigenvalue weighted by Gasteiger charge is 2.21. The predicted octanol–water partition coefficient (Wildman–Crippen LogP) is 2.50. The molecule has 0 amide bonds. The summed E-state index contributed by atoms with van der Waals surface area (Å²) in [5.41, 5.74) is 9.77. The van der Waals surface area contributed by atoms with Gasteiger partial charge >= 0.3 is 0 Å². The molecule has 0 spiro atoms. The lowest BCUT2D eigenvalue weighted by Crippen LogP contribution is -2.40. The Kier molecular flexibility index (Phi) is 5.23. The van der Waals surface area contributed by atoms with Crippen LogP contribution in [0, 0.1) is 6.92 Å². The Morgan fingerprint density at radius 1 is 1.42 bits per heavy atom. The van der Waals surface area contributed by atoms with Crippen LogP contribution in [0.4, 0.5) is 5.69 Å². The molecule has 1 aliphatic rings. The highest BCUT2D eigenvalue weighted by molar-refractivity contribution is 5.55. The van der Waals surface area contributed by atoms with Gasteiger partial charge in [-0.05, 0) is 51.3 Å². The van der Waals surface area contributed by atoms with Crippen molar-refractivity contribution in [3.8, 4) is 0 Å². The summed E-state index contributed by atoms with van der Waals surface area (Å²) in [6.45, 7) is 7.87. The van der Waals surface area contributed by atoms with E-state index in [2.05, 4.69) is 36.9 Å². The van der Waals surface area contributed by atoms with Gasteiger partial charge in [0.15, 0.2) is 0 Å². The van der Waals surface area contributed by atoms with E-state index >= 15 is 0 Å². The quantitative estimate of drug-likeness (QED) is 0.886. The molecule has 1 fully saturated rings. The number of hydrogen-bond donors (Lipinski definition) is 1. The second-order valence-electron chi connectivity index (χ2n) is 5.34. The van der Waals surface area contributed by atoms with E-state index in [0.29, 0.717) is 12.6 Å². The number of rotatable bonds is 5. The van der Waals surface area contributed by atoms with Crippen molar-refractivity contribution in [2.45, 2.75) is 39.2 Å². The zero-order valence-corrected chi connectivity index (χ0v) is 12.2. The third kappa shape index (κ3) is 3.71. The van der Waals surface area contributed by atoms with Gasteiger partial charge in [-0.15, -0.1) is 0 Å². The molecule has 1 aromatic carbocycles. The highest BCUT2D eigenvalue weighted by atomic mass is 16.5. The zero-order valence-electron chi connectivity index (χ0n) is 12.2. The van der Waals surface area contributed by atoms with Crippen LogP contribution in [0.5, 0.6) is 0 Å². The van der Waals surface area contributed by atoms with Crippen molar-refractivity contribution < 1.29 is 4.74 Å². The molecular weight excluding hydrogens is 236 g/mol. The molecule has 1 aromatic rings. The maximum absolute atomic E-state index is 5.79. The number of benzene rings is 1. The summed E-state index contributed by atoms with van der Waals surface area (Å²) < 4.78 is 5.79. The molecule has 0 radical (unpaired) electrons. The van der Waals surface area contributed by atoms with Crippen molar-refractivity contribution in [1.29, 1.82) is 0 Å². The average molecular weight is 262 g/mol. The van der Waals surface area contributed by atoms with Crippen LogP contribution in [0.15, 0.2) is 18.2 Å². The molecule has 3 heteroatoms. The van der Waals surface area contributed by atoms with Crippen LogP contribution in [-0.2, 0) is 11.2 Å². The molecule has 3 nitrogen and oxygen atoms in total. The lowest BCUT2D eigenvalue weighted by molar-refractivity contribution is 0.0526. The molecule has 1 heterocycles. The molecule has 0 aliphatic carbocycles. The first-order valence-electron chi connectivity index (χ1n) is 7.40. The zero-order chi connectivity index (χ0) is 13.7. The Labute approximate surface area is 116 Å². The summed E-state index contributed by atoms with van der Waals surface area (Å²) in [5.74, 6) is 0. The van der Waals surface area contributed by atoms with Crippen LogP contribution in [0.2, 0.25) is 0 Å². The van der Waals surface area contributed by atoms with Crippen molar-refractivity contribution in [1.82, 2.24) is 0 Å². The van der Waals surface area contributed by atoms with Crippen molar-refractivity contribution in [3.05, 3.63) is 29.3 Å². The van der Waals surface area contributed by atoms with Crippen LogP contribution in [0.1, 0.15) is 30.9 Å². The second kappa shape index (κ2) is 6.92. The number of piperidine rings is 1. The average Bonchev–Trinajstić information content (AvgIpc) is 2.40. The van der Waals surface area contributed by atoms with Crippen LogP contribution in [0.3, 0.4) is 0 Å². The fraction of sp³-hybridized carbons (Fsp3) is 0.625. The molecule has 0 saturated carbocycles. The molecule has 1 saturated heterocycles. The maximum atomic E-state index is 5.79. The standard InChI is InChI=1S/C16H26N2O/c1-3-19-15-5-4-10-18(12-15)16-7-6-13(2)11-14(16)8-9-17/h6-7,11,15H,3-5,8-10,12,17H2,1-2H3. The Bertz CT molecular complexity index is 404. The van der Waals surface area contributed by atoms with E-state index in [9.17, 15) is 0 Å². The largest absolute Gasteiger partial charge is 0.377 e. The number of hydrogen-bond acceptors (Lipinski definition) is 3. The Morgan fingerprint density at radius 2 is 2.26 bits per heavy atom. The molecule has 0 aromatic heterocycles. The van der Waals surface area contributed by atoms with Crippen molar-refractivity contribution in [2.24, 2.45) is 5.73 Å². The third-order valence-electron chi connectivity index (χ3n) is 3.77. The second-order valence-corrected chi connectivity index (χ2v) is 5.34. The molecule has 1 unspecified atom stereocenters. The van der Waals surface area contributed by atoms with Crippen molar-refractivity contribution in [2.75, 3.05) is 31.1 Å². The first kappa shape index (κ1) is 14.4. The smallest absolute Gasteiger partial charge is 0.0750 e. The van der Waals surface area contributed by atoms with Crippen molar-refractivity contribution in [3.63, 3.8) is 0 Å². The van der Waals surface area contributed by atoms with E-state index in [4.69, 9.17) is 10.5 Å². The summed E-state index contributed by atoms with van der Waals surface area (Å²) in [4.78, 5) is 2.47. The minimum atomic E-state index is 0.380. The SMILES string of the molecule is CCOC1CCCN(c2ccc(C)cc2CCN)C1. The van der Waals surface area contributed by atoms with E-state index in [1.54, 1.807) is 0 Å². The minimum Gasteiger partial charge on any atom is -0.377 e. The molecule has 1 atom stereocenters. The van der Waals surface area contributed by atoms with Gasteiger partial charge in [-0.3, -0.25) is 0 Å². The monoisotopic (exact) mass is 262 g/mol. The van der Waals surface area contributed by atoms with Gasteiger partial charge in [0.25, 0.3) is 0 Å². The maximum Gasteiger partial charge on any atom is 0.0750 e. The minimum absolute atomic E-state index is 0.380. The van der Waals surface area contributed by atoms with E-state index in [-0.39, 0.29) is 0 Å². The van der Waals surface area contributed by atoms with Gasteiger partial charge in [0.1, 0.15) is 0 Å². The number of anilines is 1. The molecule has 2 N–H and O–H groups in total. The van der Waals surface area contributed by atoms with Crippen LogP contribution >= 0.6 is 0 Å². The van der Waals surface area contributed by atoms with Crippen LogP contribution < -0.4 is 10.6 Å². The van der Waals surface area contributed by atoms with Gasteiger partial charge in [0.2, 0.25) is 0 Å². The number of ether oxygens (including phenoxy) is 1. The third-order valence-corrected chi connectivity index (χ3v) is 3.77. The summed E-state index contributed by atoms with van der Waals surface area (Å²) in [6, 6.07) is 6.71. The summed E-state index contributed by atoms with van der Waals surface area (Å²) in [6.07, 6.45) is 3.72. The van der Waals surface area contributed by atoms with E-state index in [1.807, 2.05) is 0 Å². The van der Waals surface area contributed by atoms with Crippen LogP contribution in [0.25, 0.3) is 0 Å². The molecule has 106 valence electrons. The van der Waals surface area contributed by atoms with Crippen LogP contribution in [-0.4, -0.2) is 32.3 Å². The Hall–Kier alpha value is -1.06. The Balaban J connectivity index is 2.15. The predicted molar refractivity (Wildman–Crippen MR) is 80.8 cm³/mol. The van der Waals surface area contributed by atoms with Crippen molar-refractivity contribution >= 4 is 5.69 Å². The summed E-state index contributed by atoms with van der Waals surface area (Å²) >= 11 is 0. The molecule has 2 rings (SSSR count). The normalized spacial score (nSPS) is 19.7. The lowest BCUT2D eigenvalue weighted by atomic mass is 10.0. The fourth-order valence-corrected chi connectivity index (χ4v) is 2.91. The number of aryl methyl sites for hydroxylation is 1. The van der Waals surface area contributed by atoms with Gasteiger partial charge < -0.3 is 15.4 Å². The van der Waals surface area contributed by atoms with E-state index in [0.717, 1.165) is 26.1 Å². The first-order valence-corrected chi connectivity index (χ1v) is 7.40. The lowest BCUT2D eigenvalue weighted by Gasteiger charge is -2.35. The molecule has 0 bridgehead atoms. The Morgan fingerprint density at radius 3 is 3.00 bits per heavy atom. The number of nitrogens with two attached hydrogens (primary N) is 1. The molecule has 1 aliphatic heterocycles. The van der Waals surface area contributed by atoms with Gasteiger partial charge in [-0.25, -0.2) is 0 Å². The number of nitrogens with zero attached hydrogens (tertiary/aromatic N) is 1. The van der Waals surface area contributed by atoms with Gasteiger partial charge in [-0.2, -0.15) is 0 Å². The van der Waals surface area contributed by atoms with Gasteiger partial charge in [0.05, 0.1) is 6.10 Å². The van der Waals surface area contributed by atoms with Gasteiger partial charge in [0, 0.05) is 25.4 Å². The van der Waals surface area contributed by atoms with Gasteiger partial charge in [-0.1, -0.05) is 17.7 Å². The fourth-order valence-electron chi connectivity index (χ4n) is 2.91. The first-order chi connectivity index (χ1) is 9.24. The summed E-state index contributed by atoms with van der Waals surface area (Å²) in [5, 5.41) is 0. The summed E-state index contributed by atoms with van der Waals surface area (Å²) in [7, 11) is 0. The molecular formula is C16H26N2O. The van der Waals surface area contributed by atoms with E-state index < -0.39 is 0 Å². The highest BCUT2D eigenvalue weighted by Crippen LogP contribution is 2.26. The molecule has 19 heavy (non-hydrogen) atoms. The topological polar surface area (TPSA) is 38.5 Å². The van der Waals surface area contributed by atoms with E-state index in [1.165, 1.54) is 29.7 Å².